The number of halogens is 2. The van der Waals surface area contributed by atoms with Crippen LogP contribution in [0.2, 0.25) is 5.02 Å². The van der Waals surface area contributed by atoms with Crippen LogP contribution in [0.3, 0.4) is 0 Å². The molecule has 0 aromatic heterocycles. The number of hydrogen-bond donors (Lipinski definition) is 0. The SMILES string of the molecule is CC1(C)CCCC1C(=O)c1ccc(Cl)cc1F. The van der Waals surface area contributed by atoms with Gasteiger partial charge in [-0.1, -0.05) is 31.9 Å². The van der Waals surface area contributed by atoms with E-state index in [1.165, 1.54) is 12.1 Å². The number of rotatable bonds is 2. The fourth-order valence-electron chi connectivity index (χ4n) is 2.69. The molecule has 1 aliphatic rings. The molecule has 1 atom stereocenters. The maximum atomic E-state index is 13.7. The number of carbonyl (C=O) groups excluding carboxylic acids is 1. The van der Waals surface area contributed by atoms with Crippen LogP contribution in [0, 0.1) is 17.2 Å². The summed E-state index contributed by atoms with van der Waals surface area (Å²) in [4.78, 5) is 12.3. The van der Waals surface area contributed by atoms with E-state index in [0.717, 1.165) is 19.3 Å². The first-order valence-corrected chi connectivity index (χ1v) is 6.29. The van der Waals surface area contributed by atoms with Gasteiger partial charge in [-0.3, -0.25) is 4.79 Å². The van der Waals surface area contributed by atoms with Gasteiger partial charge in [-0.2, -0.15) is 0 Å². The molecule has 1 aromatic carbocycles. The van der Waals surface area contributed by atoms with Gasteiger partial charge in [0.2, 0.25) is 0 Å². The molecule has 1 aliphatic carbocycles. The Labute approximate surface area is 106 Å². The van der Waals surface area contributed by atoms with Gasteiger partial charge in [-0.15, -0.1) is 0 Å². The lowest BCUT2D eigenvalue weighted by Gasteiger charge is -2.25. The van der Waals surface area contributed by atoms with Gasteiger partial charge in [-0.25, -0.2) is 4.39 Å². The van der Waals surface area contributed by atoms with Crippen LogP contribution in [0.5, 0.6) is 0 Å². The molecule has 0 aliphatic heterocycles. The van der Waals surface area contributed by atoms with Gasteiger partial charge in [-0.05, 0) is 36.5 Å². The third-order valence-corrected chi connectivity index (χ3v) is 4.01. The van der Waals surface area contributed by atoms with Crippen LogP contribution in [-0.2, 0) is 0 Å². The first-order chi connectivity index (χ1) is 7.92. The Morgan fingerprint density at radius 3 is 2.71 bits per heavy atom. The topological polar surface area (TPSA) is 17.1 Å². The van der Waals surface area contributed by atoms with E-state index < -0.39 is 5.82 Å². The van der Waals surface area contributed by atoms with Gasteiger partial charge < -0.3 is 0 Å². The van der Waals surface area contributed by atoms with E-state index in [2.05, 4.69) is 13.8 Å². The van der Waals surface area contributed by atoms with Crippen LogP contribution in [0.15, 0.2) is 18.2 Å². The van der Waals surface area contributed by atoms with Crippen molar-refractivity contribution in [3.05, 3.63) is 34.6 Å². The number of hydrogen-bond acceptors (Lipinski definition) is 1. The van der Waals surface area contributed by atoms with Crippen LogP contribution in [0.25, 0.3) is 0 Å². The van der Waals surface area contributed by atoms with Gasteiger partial charge in [0.05, 0.1) is 5.56 Å². The predicted molar refractivity (Wildman–Crippen MR) is 66.9 cm³/mol. The highest BCUT2D eigenvalue weighted by atomic mass is 35.5. The summed E-state index contributed by atoms with van der Waals surface area (Å²) in [6.07, 6.45) is 2.92. The van der Waals surface area contributed by atoms with Crippen molar-refractivity contribution in [2.24, 2.45) is 11.3 Å². The van der Waals surface area contributed by atoms with Crippen molar-refractivity contribution in [2.75, 3.05) is 0 Å². The average molecular weight is 255 g/mol. The fraction of sp³-hybridized carbons (Fsp3) is 0.500. The molecule has 1 aromatic rings. The number of Topliss-reactive ketones (excluding diaryl/α,β-unsaturated/α-hetero) is 1. The van der Waals surface area contributed by atoms with Gasteiger partial charge in [0.15, 0.2) is 5.78 Å². The van der Waals surface area contributed by atoms with E-state index in [9.17, 15) is 9.18 Å². The van der Waals surface area contributed by atoms with Gasteiger partial charge in [0.25, 0.3) is 0 Å². The molecule has 0 saturated heterocycles. The van der Waals surface area contributed by atoms with Gasteiger partial charge >= 0.3 is 0 Å². The van der Waals surface area contributed by atoms with Gasteiger partial charge in [0, 0.05) is 10.9 Å². The molecule has 0 amide bonds. The zero-order chi connectivity index (χ0) is 12.6. The number of benzene rings is 1. The minimum Gasteiger partial charge on any atom is -0.294 e. The Hall–Kier alpha value is -0.890. The average Bonchev–Trinajstić information content (AvgIpc) is 2.57. The second-order valence-corrected chi connectivity index (χ2v) is 5.86. The summed E-state index contributed by atoms with van der Waals surface area (Å²) in [6, 6.07) is 4.27. The van der Waals surface area contributed by atoms with Gasteiger partial charge in [0.1, 0.15) is 5.82 Å². The second kappa shape index (κ2) is 4.41. The van der Waals surface area contributed by atoms with E-state index in [4.69, 9.17) is 11.6 Å². The Morgan fingerprint density at radius 1 is 1.47 bits per heavy atom. The predicted octanol–water partition coefficient (Wildman–Crippen LogP) is 4.49. The molecule has 92 valence electrons. The number of carbonyl (C=O) groups is 1. The third kappa shape index (κ3) is 2.37. The fourth-order valence-corrected chi connectivity index (χ4v) is 2.85. The molecule has 1 unspecified atom stereocenters. The molecule has 1 nitrogen and oxygen atoms in total. The molecular weight excluding hydrogens is 239 g/mol. The Balaban J connectivity index is 2.31. The Bertz CT molecular complexity index is 454. The van der Waals surface area contributed by atoms with E-state index in [1.807, 2.05) is 0 Å². The van der Waals surface area contributed by atoms with Crippen molar-refractivity contribution in [3.8, 4) is 0 Å². The lowest BCUT2D eigenvalue weighted by molar-refractivity contribution is 0.0835. The molecular formula is C14H16ClFO. The summed E-state index contributed by atoms with van der Waals surface area (Å²) in [7, 11) is 0. The standard InChI is InChI=1S/C14H16ClFO/c1-14(2)7-3-4-11(14)13(17)10-6-5-9(15)8-12(10)16/h5-6,8,11H,3-4,7H2,1-2H3. The summed E-state index contributed by atoms with van der Waals surface area (Å²) < 4.78 is 13.7. The van der Waals surface area contributed by atoms with E-state index in [0.29, 0.717) is 5.02 Å². The molecule has 1 saturated carbocycles. The van der Waals surface area contributed by atoms with Crippen molar-refractivity contribution in [1.29, 1.82) is 0 Å². The van der Waals surface area contributed by atoms with E-state index in [-0.39, 0.29) is 22.7 Å². The minimum absolute atomic E-state index is 0.0246. The lowest BCUT2D eigenvalue weighted by Crippen LogP contribution is -2.26. The van der Waals surface area contributed by atoms with Crippen LogP contribution >= 0.6 is 11.6 Å². The summed E-state index contributed by atoms with van der Waals surface area (Å²) in [5, 5.41) is 0.324. The molecule has 2 rings (SSSR count). The normalized spacial score (nSPS) is 22.7. The highest BCUT2D eigenvalue weighted by Crippen LogP contribution is 2.44. The van der Waals surface area contributed by atoms with Crippen LogP contribution in [0.4, 0.5) is 4.39 Å². The maximum absolute atomic E-state index is 13.7. The minimum atomic E-state index is -0.509. The lowest BCUT2D eigenvalue weighted by atomic mass is 9.77. The number of ketones is 1. The molecule has 17 heavy (non-hydrogen) atoms. The molecule has 1 fully saturated rings. The van der Waals surface area contributed by atoms with Crippen molar-refractivity contribution in [2.45, 2.75) is 33.1 Å². The van der Waals surface area contributed by atoms with Crippen molar-refractivity contribution in [3.63, 3.8) is 0 Å². The Kier molecular flexibility index (Phi) is 3.26. The van der Waals surface area contributed by atoms with Crippen molar-refractivity contribution in [1.82, 2.24) is 0 Å². The first-order valence-electron chi connectivity index (χ1n) is 5.91. The molecule has 0 radical (unpaired) electrons. The summed E-state index contributed by atoms with van der Waals surface area (Å²) in [5.74, 6) is -0.662. The zero-order valence-corrected chi connectivity index (χ0v) is 10.9. The summed E-state index contributed by atoms with van der Waals surface area (Å²) in [6.45, 7) is 4.16. The van der Waals surface area contributed by atoms with Crippen molar-refractivity contribution < 1.29 is 9.18 Å². The zero-order valence-electron chi connectivity index (χ0n) is 10.1. The van der Waals surface area contributed by atoms with Crippen LogP contribution in [0.1, 0.15) is 43.5 Å². The van der Waals surface area contributed by atoms with E-state index in [1.54, 1.807) is 6.07 Å². The van der Waals surface area contributed by atoms with E-state index >= 15 is 0 Å². The highest BCUT2D eigenvalue weighted by Gasteiger charge is 2.40. The Morgan fingerprint density at radius 2 is 2.18 bits per heavy atom. The molecule has 0 spiro atoms. The quantitative estimate of drug-likeness (QED) is 0.711. The molecule has 0 heterocycles. The highest BCUT2D eigenvalue weighted by molar-refractivity contribution is 6.30. The van der Waals surface area contributed by atoms with Crippen molar-refractivity contribution >= 4 is 17.4 Å². The maximum Gasteiger partial charge on any atom is 0.169 e. The summed E-state index contributed by atoms with van der Waals surface area (Å²) >= 11 is 5.69. The van der Waals surface area contributed by atoms with Crippen LogP contribution in [-0.4, -0.2) is 5.78 Å². The van der Waals surface area contributed by atoms with Crippen LogP contribution < -0.4 is 0 Å². The summed E-state index contributed by atoms with van der Waals surface area (Å²) in [5.41, 5.74) is 0.151. The smallest absolute Gasteiger partial charge is 0.169 e. The second-order valence-electron chi connectivity index (χ2n) is 5.42. The largest absolute Gasteiger partial charge is 0.294 e. The third-order valence-electron chi connectivity index (χ3n) is 3.77. The first kappa shape index (κ1) is 12.6. The molecule has 0 bridgehead atoms. The monoisotopic (exact) mass is 254 g/mol. The molecule has 0 N–H and O–H groups in total. The molecule has 3 heteroatoms.